The molecule has 1 saturated heterocycles. The second-order valence-corrected chi connectivity index (χ2v) is 7.43. The van der Waals surface area contributed by atoms with Gasteiger partial charge in [0.2, 0.25) is 0 Å². The van der Waals surface area contributed by atoms with Crippen LogP contribution in [0.1, 0.15) is 19.4 Å². The van der Waals surface area contributed by atoms with Gasteiger partial charge in [-0.2, -0.15) is 0 Å². The van der Waals surface area contributed by atoms with Crippen LogP contribution in [-0.4, -0.2) is 37.6 Å². The van der Waals surface area contributed by atoms with Gasteiger partial charge in [-0.25, -0.2) is 9.80 Å². The van der Waals surface area contributed by atoms with Crippen LogP contribution in [0.25, 0.3) is 6.08 Å². The third kappa shape index (κ3) is 4.88. The molecule has 0 saturated carbocycles. The predicted octanol–water partition coefficient (Wildman–Crippen LogP) is 3.25. The number of ether oxygens (including phenoxy) is 3. The van der Waals surface area contributed by atoms with Gasteiger partial charge in [0.15, 0.2) is 17.6 Å². The van der Waals surface area contributed by atoms with Crippen LogP contribution in [0.2, 0.25) is 0 Å². The highest BCUT2D eigenvalue weighted by Crippen LogP contribution is 2.37. The van der Waals surface area contributed by atoms with Crippen LogP contribution in [-0.2, 0) is 19.1 Å². The van der Waals surface area contributed by atoms with Crippen LogP contribution in [0.15, 0.2) is 52.5 Å². The molecule has 0 radical (unpaired) electrons. The van der Waals surface area contributed by atoms with Gasteiger partial charge in [0, 0.05) is 10.0 Å². The maximum atomic E-state index is 12.9. The fourth-order valence-corrected chi connectivity index (χ4v) is 3.38. The first-order valence-corrected chi connectivity index (χ1v) is 10.3. The minimum Gasteiger partial charge on any atom is -0.493 e. The summed E-state index contributed by atoms with van der Waals surface area (Å²) in [6.07, 6.45) is 0.474. The number of benzene rings is 2. The number of methoxy groups -OCH3 is 1. The molecule has 3 rings (SSSR count). The fraction of sp³-hybridized carbons (Fsp3) is 0.227. The lowest BCUT2D eigenvalue weighted by Crippen LogP contribution is -2.35. The minimum absolute atomic E-state index is 0.0855. The van der Waals surface area contributed by atoms with E-state index in [2.05, 4.69) is 21.4 Å². The van der Waals surface area contributed by atoms with E-state index in [0.29, 0.717) is 21.5 Å². The summed E-state index contributed by atoms with van der Waals surface area (Å²) < 4.78 is 16.8. The van der Waals surface area contributed by atoms with E-state index in [4.69, 9.17) is 14.2 Å². The van der Waals surface area contributed by atoms with E-state index in [1.54, 1.807) is 50.2 Å². The van der Waals surface area contributed by atoms with Crippen molar-refractivity contribution in [2.75, 3.05) is 18.7 Å². The quantitative estimate of drug-likeness (QED) is 0.365. The number of hydrazine groups is 1. The molecule has 2 aromatic rings. The molecule has 1 aliphatic rings. The van der Waals surface area contributed by atoms with E-state index in [1.165, 1.54) is 18.2 Å². The molecule has 0 aromatic heterocycles. The molecule has 1 fully saturated rings. The smallest absolute Gasteiger partial charge is 0.347 e. The summed E-state index contributed by atoms with van der Waals surface area (Å²) in [5.41, 5.74) is 3.38. The number of rotatable bonds is 7. The highest BCUT2D eigenvalue weighted by molar-refractivity contribution is 9.10. The van der Waals surface area contributed by atoms with Crippen LogP contribution >= 0.6 is 15.9 Å². The third-order valence-electron chi connectivity index (χ3n) is 4.39. The summed E-state index contributed by atoms with van der Waals surface area (Å²) in [5.74, 6) is -1.09. The van der Waals surface area contributed by atoms with Crippen LogP contribution < -0.4 is 19.9 Å². The van der Waals surface area contributed by atoms with Crippen molar-refractivity contribution in [2.45, 2.75) is 20.0 Å². The molecule has 1 aliphatic heterocycles. The molecular weight excluding hydrogens is 468 g/mol. The number of hydrogen-bond acceptors (Lipinski definition) is 6. The van der Waals surface area contributed by atoms with Crippen LogP contribution in [0, 0.1) is 0 Å². The summed E-state index contributed by atoms with van der Waals surface area (Å²) in [6.45, 7) is 3.45. The normalized spacial score (nSPS) is 15.6. The first-order chi connectivity index (χ1) is 14.8. The number of nitrogens with one attached hydrogen (secondary N) is 1. The van der Waals surface area contributed by atoms with Crippen molar-refractivity contribution in [1.29, 1.82) is 0 Å². The zero-order chi connectivity index (χ0) is 22.5. The predicted molar refractivity (Wildman–Crippen MR) is 117 cm³/mol. The first kappa shape index (κ1) is 22.4. The lowest BCUT2D eigenvalue weighted by atomic mass is 10.1. The SMILES string of the molecule is CCOC(=O)C(C)Oc1c(C=C2C(=O)NN(c3ccccc3)C2=O)cc(Br)cc1OC. The molecule has 2 amide bonds. The molecule has 0 spiro atoms. The Labute approximate surface area is 187 Å². The van der Waals surface area contributed by atoms with E-state index in [1.807, 2.05) is 6.07 Å². The van der Waals surface area contributed by atoms with E-state index < -0.39 is 23.9 Å². The van der Waals surface area contributed by atoms with Gasteiger partial charge in [-0.05, 0) is 44.2 Å². The zero-order valence-corrected chi connectivity index (χ0v) is 18.8. The average Bonchev–Trinajstić information content (AvgIpc) is 3.04. The van der Waals surface area contributed by atoms with Crippen molar-refractivity contribution >= 4 is 45.5 Å². The lowest BCUT2D eigenvalue weighted by molar-refractivity contribution is -0.150. The first-order valence-electron chi connectivity index (χ1n) is 9.48. The molecular formula is C22H21BrN2O6. The van der Waals surface area contributed by atoms with Gasteiger partial charge in [-0.1, -0.05) is 34.1 Å². The number of carbonyl (C=O) groups is 3. The van der Waals surface area contributed by atoms with E-state index in [0.717, 1.165) is 0 Å². The molecule has 162 valence electrons. The van der Waals surface area contributed by atoms with Crippen LogP contribution in [0.4, 0.5) is 5.69 Å². The lowest BCUT2D eigenvalue weighted by Gasteiger charge is -2.18. The Bertz CT molecular complexity index is 1040. The number of para-hydroxylation sites is 1. The molecule has 1 unspecified atom stereocenters. The Morgan fingerprint density at radius 3 is 2.58 bits per heavy atom. The highest BCUT2D eigenvalue weighted by atomic mass is 79.9. The number of anilines is 1. The van der Waals surface area contributed by atoms with Gasteiger partial charge >= 0.3 is 5.97 Å². The number of amides is 2. The Kier molecular flexibility index (Phi) is 6.96. The Morgan fingerprint density at radius 2 is 1.94 bits per heavy atom. The minimum atomic E-state index is -0.930. The number of hydrogen-bond donors (Lipinski definition) is 1. The summed E-state index contributed by atoms with van der Waals surface area (Å²) in [6, 6.07) is 12.1. The molecule has 31 heavy (non-hydrogen) atoms. The van der Waals surface area contributed by atoms with Gasteiger partial charge < -0.3 is 14.2 Å². The number of nitrogens with zero attached hydrogens (tertiary/aromatic N) is 1. The Hall–Kier alpha value is -3.33. The summed E-state index contributed by atoms with van der Waals surface area (Å²) in [5, 5.41) is 1.17. The number of esters is 1. The van der Waals surface area contributed by atoms with Crippen LogP contribution in [0.3, 0.4) is 0 Å². The molecule has 0 aliphatic carbocycles. The van der Waals surface area contributed by atoms with E-state index >= 15 is 0 Å². The topological polar surface area (TPSA) is 94.2 Å². The second-order valence-electron chi connectivity index (χ2n) is 6.51. The van der Waals surface area contributed by atoms with Crippen molar-refractivity contribution in [3.05, 3.63) is 58.1 Å². The largest absolute Gasteiger partial charge is 0.493 e. The molecule has 0 bridgehead atoms. The summed E-state index contributed by atoms with van der Waals surface area (Å²) in [4.78, 5) is 37.5. The zero-order valence-electron chi connectivity index (χ0n) is 17.2. The number of carbonyl (C=O) groups excluding carboxylic acids is 3. The highest BCUT2D eigenvalue weighted by Gasteiger charge is 2.35. The molecule has 1 heterocycles. The average molecular weight is 489 g/mol. The summed E-state index contributed by atoms with van der Waals surface area (Å²) >= 11 is 3.38. The van der Waals surface area contributed by atoms with E-state index in [9.17, 15) is 14.4 Å². The maximum absolute atomic E-state index is 12.9. The fourth-order valence-electron chi connectivity index (χ4n) is 2.93. The Morgan fingerprint density at radius 1 is 1.23 bits per heavy atom. The van der Waals surface area contributed by atoms with Crippen molar-refractivity contribution in [1.82, 2.24) is 5.43 Å². The molecule has 2 aromatic carbocycles. The van der Waals surface area contributed by atoms with Gasteiger partial charge in [0.1, 0.15) is 5.57 Å². The van der Waals surface area contributed by atoms with Crippen LogP contribution in [0.5, 0.6) is 11.5 Å². The standard InChI is InChI=1S/C22H21BrN2O6/c1-4-30-22(28)13(2)31-19-14(10-15(23)12-18(19)29-3)11-17-20(26)24-25(21(17)27)16-8-6-5-7-9-16/h5-13H,4H2,1-3H3,(H,24,26). The van der Waals surface area contributed by atoms with Gasteiger partial charge in [-0.3, -0.25) is 15.0 Å². The van der Waals surface area contributed by atoms with Gasteiger partial charge in [0.05, 0.1) is 19.4 Å². The van der Waals surface area contributed by atoms with Crippen molar-refractivity contribution < 1.29 is 28.6 Å². The Balaban J connectivity index is 2.01. The monoisotopic (exact) mass is 488 g/mol. The van der Waals surface area contributed by atoms with Crippen molar-refractivity contribution in [3.8, 4) is 11.5 Å². The maximum Gasteiger partial charge on any atom is 0.347 e. The molecule has 8 nitrogen and oxygen atoms in total. The van der Waals surface area contributed by atoms with Crippen molar-refractivity contribution in [3.63, 3.8) is 0 Å². The summed E-state index contributed by atoms with van der Waals surface area (Å²) in [7, 11) is 1.45. The molecule has 1 atom stereocenters. The van der Waals surface area contributed by atoms with Crippen molar-refractivity contribution in [2.24, 2.45) is 0 Å². The molecule has 9 heteroatoms. The second kappa shape index (κ2) is 9.65. The number of halogens is 1. The van der Waals surface area contributed by atoms with Gasteiger partial charge in [-0.15, -0.1) is 0 Å². The van der Waals surface area contributed by atoms with E-state index in [-0.39, 0.29) is 17.9 Å². The molecule has 1 N–H and O–H groups in total. The van der Waals surface area contributed by atoms with Gasteiger partial charge in [0.25, 0.3) is 11.8 Å². The third-order valence-corrected chi connectivity index (χ3v) is 4.84.